The molecule has 0 bridgehead atoms. The summed E-state index contributed by atoms with van der Waals surface area (Å²) in [5.74, 6) is 2.49. The Bertz CT molecular complexity index is 554. The van der Waals surface area contributed by atoms with Crippen LogP contribution >= 0.6 is 0 Å². The van der Waals surface area contributed by atoms with Crippen molar-refractivity contribution in [2.24, 2.45) is 0 Å². The van der Waals surface area contributed by atoms with E-state index in [1.54, 1.807) is 14.0 Å². The van der Waals surface area contributed by atoms with Gasteiger partial charge in [0.25, 0.3) is 5.89 Å². The van der Waals surface area contributed by atoms with Crippen LogP contribution in [0.3, 0.4) is 0 Å². The number of rotatable bonds is 7. The molecule has 1 aromatic heterocycles. The number of ether oxygens (including phenoxy) is 2. The van der Waals surface area contributed by atoms with Gasteiger partial charge in [0.15, 0.2) is 6.61 Å². The number of aromatic nitrogens is 2. The molecule has 0 saturated heterocycles. The summed E-state index contributed by atoms with van der Waals surface area (Å²) in [7, 11) is 1.63. The van der Waals surface area contributed by atoms with Gasteiger partial charge < -0.3 is 19.2 Å². The lowest BCUT2D eigenvalue weighted by atomic mass is 10.2. The van der Waals surface area contributed by atoms with Gasteiger partial charge in [-0.1, -0.05) is 13.0 Å². The molecule has 1 N–H and O–H groups in total. The number of benzene rings is 1. The summed E-state index contributed by atoms with van der Waals surface area (Å²) in [5.41, 5.74) is 1.06. The Morgan fingerprint density at radius 1 is 1.30 bits per heavy atom. The van der Waals surface area contributed by atoms with Crippen LogP contribution in [0, 0.1) is 6.92 Å². The predicted molar refractivity (Wildman–Crippen MR) is 73.7 cm³/mol. The Kier molecular flexibility index (Phi) is 4.95. The van der Waals surface area contributed by atoms with Crippen LogP contribution in [0.4, 0.5) is 0 Å². The van der Waals surface area contributed by atoms with Crippen molar-refractivity contribution < 1.29 is 13.9 Å². The van der Waals surface area contributed by atoms with Crippen LogP contribution in [0.2, 0.25) is 0 Å². The molecule has 108 valence electrons. The lowest BCUT2D eigenvalue weighted by Crippen LogP contribution is -2.13. The Balaban J connectivity index is 2.10. The van der Waals surface area contributed by atoms with Gasteiger partial charge in [0.2, 0.25) is 5.89 Å². The van der Waals surface area contributed by atoms with Crippen molar-refractivity contribution in [2.45, 2.75) is 27.0 Å². The first-order valence-electron chi connectivity index (χ1n) is 6.52. The first kappa shape index (κ1) is 14.3. The molecule has 20 heavy (non-hydrogen) atoms. The van der Waals surface area contributed by atoms with Crippen molar-refractivity contribution in [2.75, 3.05) is 13.7 Å². The van der Waals surface area contributed by atoms with E-state index in [1.165, 1.54) is 0 Å². The van der Waals surface area contributed by atoms with Crippen molar-refractivity contribution in [3.05, 3.63) is 35.5 Å². The molecule has 0 amide bonds. The van der Waals surface area contributed by atoms with Gasteiger partial charge in [-0.05, 0) is 12.6 Å². The van der Waals surface area contributed by atoms with E-state index >= 15 is 0 Å². The Labute approximate surface area is 118 Å². The summed E-state index contributed by atoms with van der Waals surface area (Å²) in [6, 6.07) is 5.75. The summed E-state index contributed by atoms with van der Waals surface area (Å²) >= 11 is 0. The second-order valence-corrected chi connectivity index (χ2v) is 4.26. The van der Waals surface area contributed by atoms with Gasteiger partial charge in [0.1, 0.15) is 11.5 Å². The maximum absolute atomic E-state index is 5.76. The Morgan fingerprint density at radius 3 is 2.80 bits per heavy atom. The first-order chi connectivity index (χ1) is 9.72. The Morgan fingerprint density at radius 2 is 2.15 bits per heavy atom. The third-order valence-electron chi connectivity index (χ3n) is 2.76. The van der Waals surface area contributed by atoms with Gasteiger partial charge in [-0.2, -0.15) is 0 Å². The molecule has 0 spiro atoms. The molecule has 0 aliphatic heterocycles. The molecule has 0 saturated carbocycles. The topological polar surface area (TPSA) is 69.4 Å². The van der Waals surface area contributed by atoms with Crippen molar-refractivity contribution in [3.8, 4) is 11.5 Å². The van der Waals surface area contributed by atoms with Crippen molar-refractivity contribution in [1.82, 2.24) is 15.5 Å². The molecule has 6 nitrogen and oxygen atoms in total. The molecule has 0 radical (unpaired) electrons. The van der Waals surface area contributed by atoms with Crippen molar-refractivity contribution in [1.29, 1.82) is 0 Å². The fourth-order valence-electron chi connectivity index (χ4n) is 1.74. The fraction of sp³-hybridized carbons (Fsp3) is 0.429. The monoisotopic (exact) mass is 277 g/mol. The largest absolute Gasteiger partial charge is 0.497 e. The van der Waals surface area contributed by atoms with E-state index in [0.717, 1.165) is 30.2 Å². The minimum atomic E-state index is 0.243. The van der Waals surface area contributed by atoms with Crippen LogP contribution in [0.1, 0.15) is 24.3 Å². The Hall–Kier alpha value is -2.08. The van der Waals surface area contributed by atoms with E-state index in [4.69, 9.17) is 13.9 Å². The van der Waals surface area contributed by atoms with Crippen molar-refractivity contribution >= 4 is 0 Å². The number of hydrogen-bond acceptors (Lipinski definition) is 6. The maximum atomic E-state index is 5.76. The predicted octanol–water partition coefficient (Wildman–Crippen LogP) is 2.08. The minimum Gasteiger partial charge on any atom is -0.497 e. The van der Waals surface area contributed by atoms with Crippen LogP contribution in [0.5, 0.6) is 11.5 Å². The van der Waals surface area contributed by atoms with E-state index in [2.05, 4.69) is 22.4 Å². The molecule has 0 atom stereocenters. The van der Waals surface area contributed by atoms with E-state index in [0.29, 0.717) is 11.8 Å². The van der Waals surface area contributed by atoms with Crippen LogP contribution in [-0.2, 0) is 13.2 Å². The average Bonchev–Trinajstić information content (AvgIpc) is 2.89. The second kappa shape index (κ2) is 6.91. The molecule has 1 aromatic carbocycles. The van der Waals surface area contributed by atoms with Crippen LogP contribution < -0.4 is 14.8 Å². The van der Waals surface area contributed by atoms with Gasteiger partial charge in [-0.3, -0.25) is 0 Å². The zero-order chi connectivity index (χ0) is 14.4. The van der Waals surface area contributed by atoms with E-state index in [1.807, 2.05) is 18.2 Å². The van der Waals surface area contributed by atoms with Crippen LogP contribution in [-0.4, -0.2) is 23.9 Å². The lowest BCUT2D eigenvalue weighted by Gasteiger charge is -2.12. The maximum Gasteiger partial charge on any atom is 0.253 e. The zero-order valence-electron chi connectivity index (χ0n) is 12.0. The van der Waals surface area contributed by atoms with E-state index in [-0.39, 0.29) is 6.61 Å². The molecule has 0 fully saturated rings. The minimum absolute atomic E-state index is 0.243. The number of nitrogens with one attached hydrogen (secondary N) is 1. The van der Waals surface area contributed by atoms with E-state index in [9.17, 15) is 0 Å². The fourth-order valence-corrected chi connectivity index (χ4v) is 1.74. The van der Waals surface area contributed by atoms with Gasteiger partial charge in [-0.15, -0.1) is 10.2 Å². The standard InChI is InChI=1S/C14H19N3O3/c1-4-15-8-11-5-6-12(18-3)7-13(11)19-9-14-17-16-10(2)20-14/h5-7,15H,4,8-9H2,1-3H3. The third-order valence-corrected chi connectivity index (χ3v) is 2.76. The van der Waals surface area contributed by atoms with Crippen LogP contribution in [0.25, 0.3) is 0 Å². The molecular formula is C14H19N3O3. The number of nitrogens with zero attached hydrogens (tertiary/aromatic N) is 2. The second-order valence-electron chi connectivity index (χ2n) is 4.26. The average molecular weight is 277 g/mol. The molecule has 2 rings (SSSR count). The third kappa shape index (κ3) is 3.71. The lowest BCUT2D eigenvalue weighted by molar-refractivity contribution is 0.256. The number of aryl methyl sites for hydroxylation is 1. The van der Waals surface area contributed by atoms with Gasteiger partial charge in [0.05, 0.1) is 7.11 Å². The molecule has 0 aliphatic rings. The molecular weight excluding hydrogens is 258 g/mol. The first-order valence-corrected chi connectivity index (χ1v) is 6.52. The normalized spacial score (nSPS) is 10.6. The number of methoxy groups -OCH3 is 1. The summed E-state index contributed by atoms with van der Waals surface area (Å²) in [4.78, 5) is 0. The van der Waals surface area contributed by atoms with E-state index < -0.39 is 0 Å². The van der Waals surface area contributed by atoms with Gasteiger partial charge in [0, 0.05) is 25.1 Å². The molecule has 0 aliphatic carbocycles. The quantitative estimate of drug-likeness (QED) is 0.835. The molecule has 0 unspecified atom stereocenters. The van der Waals surface area contributed by atoms with Gasteiger partial charge >= 0.3 is 0 Å². The summed E-state index contributed by atoms with van der Waals surface area (Å²) in [5, 5.41) is 11.0. The molecule has 1 heterocycles. The van der Waals surface area contributed by atoms with Crippen molar-refractivity contribution in [3.63, 3.8) is 0 Å². The molecule has 2 aromatic rings. The summed E-state index contributed by atoms with van der Waals surface area (Å²) in [6.45, 7) is 5.68. The highest BCUT2D eigenvalue weighted by atomic mass is 16.5. The SMILES string of the molecule is CCNCc1ccc(OC)cc1OCc1nnc(C)o1. The highest BCUT2D eigenvalue weighted by molar-refractivity contribution is 5.40. The highest BCUT2D eigenvalue weighted by Gasteiger charge is 2.08. The summed E-state index contributed by atoms with van der Waals surface area (Å²) < 4.78 is 16.3. The van der Waals surface area contributed by atoms with Crippen LogP contribution in [0.15, 0.2) is 22.6 Å². The smallest absolute Gasteiger partial charge is 0.253 e. The summed E-state index contributed by atoms with van der Waals surface area (Å²) in [6.07, 6.45) is 0. The highest BCUT2D eigenvalue weighted by Crippen LogP contribution is 2.25. The number of hydrogen-bond donors (Lipinski definition) is 1. The van der Waals surface area contributed by atoms with Gasteiger partial charge in [-0.25, -0.2) is 0 Å². The zero-order valence-corrected chi connectivity index (χ0v) is 12.0. The molecule has 6 heteroatoms.